The van der Waals surface area contributed by atoms with Crippen LogP contribution in [0.4, 0.5) is 0 Å². The van der Waals surface area contributed by atoms with Gasteiger partial charge in [-0.15, -0.1) is 11.6 Å². The number of nitrogens with zero attached hydrogens (tertiary/aromatic N) is 2. The third-order valence-corrected chi connectivity index (χ3v) is 3.53. The van der Waals surface area contributed by atoms with Gasteiger partial charge in [-0.2, -0.15) is 0 Å². The molecule has 1 heterocycles. The zero-order valence-corrected chi connectivity index (χ0v) is 10.4. The summed E-state index contributed by atoms with van der Waals surface area (Å²) in [6.07, 6.45) is 7.01. The third-order valence-electron chi connectivity index (χ3n) is 3.26. The highest BCUT2D eigenvalue weighted by molar-refractivity contribution is 6.17. The molecule has 0 aromatic carbocycles. The van der Waals surface area contributed by atoms with Gasteiger partial charge in [-0.05, 0) is 37.9 Å². The van der Waals surface area contributed by atoms with Gasteiger partial charge in [0.15, 0.2) is 0 Å². The van der Waals surface area contributed by atoms with Gasteiger partial charge >= 0.3 is 0 Å². The Morgan fingerprint density at radius 3 is 2.81 bits per heavy atom. The van der Waals surface area contributed by atoms with Gasteiger partial charge in [0.25, 0.3) is 0 Å². The van der Waals surface area contributed by atoms with Crippen LogP contribution in [0.5, 0.6) is 0 Å². The lowest BCUT2D eigenvalue weighted by atomic mass is 9.91. The van der Waals surface area contributed by atoms with Crippen molar-refractivity contribution in [2.45, 2.75) is 38.3 Å². The highest BCUT2D eigenvalue weighted by Crippen LogP contribution is 2.26. The van der Waals surface area contributed by atoms with Crippen molar-refractivity contribution >= 4 is 11.6 Å². The van der Waals surface area contributed by atoms with Gasteiger partial charge in [-0.3, -0.25) is 9.88 Å². The Bertz CT molecular complexity index is 298. The van der Waals surface area contributed by atoms with Gasteiger partial charge in [0, 0.05) is 24.7 Å². The first kappa shape index (κ1) is 11.9. The molecule has 3 heteroatoms. The predicted octanol–water partition coefficient (Wildman–Crippen LogP) is 3.07. The second-order valence-electron chi connectivity index (χ2n) is 4.42. The quantitative estimate of drug-likeness (QED) is 0.709. The summed E-state index contributed by atoms with van der Waals surface area (Å²) in [7, 11) is 0. The molecule has 0 N–H and O–H groups in total. The summed E-state index contributed by atoms with van der Waals surface area (Å²) >= 11 is 5.77. The molecule has 0 atom stereocenters. The summed E-state index contributed by atoms with van der Waals surface area (Å²) in [5, 5.41) is 0. The maximum absolute atomic E-state index is 5.77. The first-order valence-corrected chi connectivity index (χ1v) is 6.63. The Morgan fingerprint density at radius 2 is 2.25 bits per heavy atom. The SMILES string of the molecule is ClCCCN(Cc1ccccn1)C1CCC1. The van der Waals surface area contributed by atoms with Crippen molar-refractivity contribution in [2.75, 3.05) is 12.4 Å². The average molecular weight is 239 g/mol. The maximum Gasteiger partial charge on any atom is 0.0544 e. The molecule has 0 amide bonds. The van der Waals surface area contributed by atoms with Gasteiger partial charge < -0.3 is 0 Å². The molecule has 16 heavy (non-hydrogen) atoms. The second-order valence-corrected chi connectivity index (χ2v) is 4.80. The molecule has 0 bridgehead atoms. The number of halogens is 1. The number of pyridine rings is 1. The van der Waals surface area contributed by atoms with Crippen LogP contribution in [-0.4, -0.2) is 28.4 Å². The first-order valence-electron chi connectivity index (χ1n) is 6.10. The molecule has 88 valence electrons. The van der Waals surface area contributed by atoms with Gasteiger partial charge in [-0.25, -0.2) is 0 Å². The number of rotatable bonds is 6. The standard InChI is InChI=1S/C13H19ClN2/c14-8-4-10-16(13-6-3-7-13)11-12-5-1-2-9-15-12/h1-2,5,9,13H,3-4,6-8,10-11H2. The van der Waals surface area contributed by atoms with Crippen LogP contribution in [0.15, 0.2) is 24.4 Å². The van der Waals surface area contributed by atoms with E-state index in [0.717, 1.165) is 31.4 Å². The molecule has 0 unspecified atom stereocenters. The maximum atomic E-state index is 5.77. The van der Waals surface area contributed by atoms with E-state index in [2.05, 4.69) is 22.0 Å². The fourth-order valence-corrected chi connectivity index (χ4v) is 2.22. The highest BCUT2D eigenvalue weighted by Gasteiger charge is 2.24. The molecule has 1 aliphatic carbocycles. The fraction of sp³-hybridized carbons (Fsp3) is 0.615. The molecule has 0 aliphatic heterocycles. The summed E-state index contributed by atoms with van der Waals surface area (Å²) in [4.78, 5) is 6.93. The molecular weight excluding hydrogens is 220 g/mol. The van der Waals surface area contributed by atoms with Crippen LogP contribution in [0.1, 0.15) is 31.4 Å². The number of hydrogen-bond acceptors (Lipinski definition) is 2. The molecule has 0 saturated heterocycles. The molecule has 2 nitrogen and oxygen atoms in total. The Morgan fingerprint density at radius 1 is 1.38 bits per heavy atom. The Kier molecular flexibility index (Phi) is 4.61. The van der Waals surface area contributed by atoms with Crippen LogP contribution in [0.3, 0.4) is 0 Å². The van der Waals surface area contributed by atoms with Crippen molar-refractivity contribution < 1.29 is 0 Å². The topological polar surface area (TPSA) is 16.1 Å². The average Bonchev–Trinajstić information content (AvgIpc) is 2.25. The minimum absolute atomic E-state index is 0.755. The smallest absolute Gasteiger partial charge is 0.0544 e. The van der Waals surface area contributed by atoms with E-state index in [0.29, 0.717) is 0 Å². The summed E-state index contributed by atoms with van der Waals surface area (Å²) in [5.74, 6) is 0.755. The van der Waals surface area contributed by atoms with Crippen molar-refractivity contribution in [2.24, 2.45) is 0 Å². The Balaban J connectivity index is 1.90. The largest absolute Gasteiger partial charge is 0.295 e. The lowest BCUT2D eigenvalue weighted by Gasteiger charge is -2.37. The van der Waals surface area contributed by atoms with Crippen molar-refractivity contribution in [1.29, 1.82) is 0 Å². The van der Waals surface area contributed by atoms with E-state index >= 15 is 0 Å². The summed E-state index contributed by atoms with van der Waals surface area (Å²) < 4.78 is 0. The van der Waals surface area contributed by atoms with Crippen LogP contribution in [0, 0.1) is 0 Å². The second kappa shape index (κ2) is 6.21. The van der Waals surface area contributed by atoms with E-state index < -0.39 is 0 Å². The van der Waals surface area contributed by atoms with Crippen LogP contribution in [0.25, 0.3) is 0 Å². The molecule has 0 spiro atoms. The highest BCUT2D eigenvalue weighted by atomic mass is 35.5. The lowest BCUT2D eigenvalue weighted by molar-refractivity contribution is 0.118. The normalized spacial score (nSPS) is 16.4. The fourth-order valence-electron chi connectivity index (χ4n) is 2.11. The predicted molar refractivity (Wildman–Crippen MR) is 67.6 cm³/mol. The summed E-state index contributed by atoms with van der Waals surface area (Å²) in [6.45, 7) is 2.08. The molecule has 2 rings (SSSR count). The van der Waals surface area contributed by atoms with Crippen molar-refractivity contribution in [3.63, 3.8) is 0 Å². The van der Waals surface area contributed by atoms with Gasteiger partial charge in [0.05, 0.1) is 5.69 Å². The first-order chi connectivity index (χ1) is 7.90. The van der Waals surface area contributed by atoms with Crippen LogP contribution in [0.2, 0.25) is 0 Å². The van der Waals surface area contributed by atoms with Crippen LogP contribution >= 0.6 is 11.6 Å². The van der Waals surface area contributed by atoms with Crippen molar-refractivity contribution in [3.8, 4) is 0 Å². The van der Waals surface area contributed by atoms with E-state index in [-0.39, 0.29) is 0 Å². The minimum atomic E-state index is 0.755. The van der Waals surface area contributed by atoms with E-state index in [4.69, 9.17) is 11.6 Å². The van der Waals surface area contributed by atoms with E-state index in [1.165, 1.54) is 25.0 Å². The van der Waals surface area contributed by atoms with E-state index in [9.17, 15) is 0 Å². The lowest BCUT2D eigenvalue weighted by Crippen LogP contribution is -2.40. The number of alkyl halides is 1. The molecule has 1 saturated carbocycles. The van der Waals surface area contributed by atoms with E-state index in [1.807, 2.05) is 12.3 Å². The zero-order chi connectivity index (χ0) is 11.2. The Hall–Kier alpha value is -0.600. The van der Waals surface area contributed by atoms with Gasteiger partial charge in [0.1, 0.15) is 0 Å². The molecule has 1 aromatic heterocycles. The molecular formula is C13H19ClN2. The van der Waals surface area contributed by atoms with Crippen LogP contribution < -0.4 is 0 Å². The minimum Gasteiger partial charge on any atom is -0.295 e. The molecule has 1 aromatic rings. The van der Waals surface area contributed by atoms with Crippen molar-refractivity contribution in [1.82, 2.24) is 9.88 Å². The molecule has 1 fully saturated rings. The third kappa shape index (κ3) is 3.19. The van der Waals surface area contributed by atoms with Crippen LogP contribution in [-0.2, 0) is 6.54 Å². The summed E-state index contributed by atoms with van der Waals surface area (Å²) in [5.41, 5.74) is 1.17. The monoisotopic (exact) mass is 238 g/mol. The van der Waals surface area contributed by atoms with E-state index in [1.54, 1.807) is 0 Å². The molecule has 1 aliphatic rings. The van der Waals surface area contributed by atoms with Crippen molar-refractivity contribution in [3.05, 3.63) is 30.1 Å². The number of hydrogen-bond donors (Lipinski definition) is 0. The van der Waals surface area contributed by atoms with Gasteiger partial charge in [-0.1, -0.05) is 12.5 Å². The van der Waals surface area contributed by atoms with Gasteiger partial charge in [0.2, 0.25) is 0 Å². The summed E-state index contributed by atoms with van der Waals surface area (Å²) in [6, 6.07) is 6.90. The number of aromatic nitrogens is 1. The zero-order valence-electron chi connectivity index (χ0n) is 9.61. The Labute approximate surface area is 103 Å². The molecule has 0 radical (unpaired) electrons.